The number of carbonyl (C=O) groups excluding carboxylic acids is 1. The maximum absolute atomic E-state index is 12.4. The van der Waals surface area contributed by atoms with Crippen LogP contribution in [0.15, 0.2) is 58.2 Å². The standard InChI is InChI=1S/C21H24N4O3S/c1-14-6-5-7-18(12-14)27-13-19-23-24-21(28-19)29-15(2)20(26)22-16-8-10-17(11-9-16)25(3)4/h5-12,15H,13H2,1-4H3,(H,22,26). The number of aryl methyl sites for hydroxylation is 1. The normalized spacial score (nSPS) is 11.7. The van der Waals surface area contributed by atoms with Crippen LogP contribution in [0.4, 0.5) is 11.4 Å². The quantitative estimate of drug-likeness (QED) is 0.557. The van der Waals surface area contributed by atoms with Gasteiger partial charge in [0.2, 0.25) is 5.91 Å². The van der Waals surface area contributed by atoms with Crippen LogP contribution in [0, 0.1) is 6.92 Å². The van der Waals surface area contributed by atoms with Crippen LogP contribution in [-0.2, 0) is 11.4 Å². The maximum Gasteiger partial charge on any atom is 0.277 e. The van der Waals surface area contributed by atoms with E-state index in [4.69, 9.17) is 9.15 Å². The lowest BCUT2D eigenvalue weighted by Crippen LogP contribution is -2.22. The number of nitrogens with one attached hydrogen (secondary N) is 1. The summed E-state index contributed by atoms with van der Waals surface area (Å²) in [5, 5.41) is 10.8. The number of hydrogen-bond acceptors (Lipinski definition) is 7. The molecular formula is C21H24N4O3S. The van der Waals surface area contributed by atoms with Crippen LogP contribution in [0.3, 0.4) is 0 Å². The van der Waals surface area contributed by atoms with Crippen LogP contribution >= 0.6 is 11.8 Å². The predicted octanol–water partition coefficient (Wildman–Crippen LogP) is 4.14. The van der Waals surface area contributed by atoms with Gasteiger partial charge in [-0.2, -0.15) is 0 Å². The summed E-state index contributed by atoms with van der Waals surface area (Å²) in [5.74, 6) is 0.967. The van der Waals surface area contributed by atoms with Gasteiger partial charge in [-0.3, -0.25) is 4.79 Å². The minimum atomic E-state index is -0.394. The Morgan fingerprint density at radius 1 is 1.21 bits per heavy atom. The highest BCUT2D eigenvalue weighted by Gasteiger charge is 2.18. The summed E-state index contributed by atoms with van der Waals surface area (Å²) < 4.78 is 11.2. The molecule has 0 aliphatic carbocycles. The van der Waals surface area contributed by atoms with Gasteiger partial charge in [0.1, 0.15) is 5.75 Å². The predicted molar refractivity (Wildman–Crippen MR) is 115 cm³/mol. The number of amides is 1. The Hall–Kier alpha value is -3.00. The molecule has 29 heavy (non-hydrogen) atoms. The van der Waals surface area contributed by atoms with Crippen molar-refractivity contribution in [3.63, 3.8) is 0 Å². The zero-order valence-electron chi connectivity index (χ0n) is 16.9. The number of anilines is 2. The molecule has 0 aliphatic heterocycles. The van der Waals surface area contributed by atoms with Gasteiger partial charge in [-0.15, -0.1) is 10.2 Å². The van der Waals surface area contributed by atoms with Gasteiger partial charge >= 0.3 is 0 Å². The number of benzene rings is 2. The van der Waals surface area contributed by atoms with E-state index in [-0.39, 0.29) is 12.5 Å². The molecule has 0 radical (unpaired) electrons. The first-order chi connectivity index (χ1) is 13.9. The molecule has 3 aromatic rings. The van der Waals surface area contributed by atoms with Crippen molar-refractivity contribution in [1.29, 1.82) is 0 Å². The summed E-state index contributed by atoms with van der Waals surface area (Å²) in [6.45, 7) is 3.97. The number of carbonyl (C=O) groups is 1. The minimum Gasteiger partial charge on any atom is -0.484 e. The Labute approximate surface area is 174 Å². The van der Waals surface area contributed by atoms with E-state index in [1.807, 2.05) is 74.4 Å². The van der Waals surface area contributed by atoms with E-state index in [2.05, 4.69) is 15.5 Å². The molecular weight excluding hydrogens is 388 g/mol. The van der Waals surface area contributed by atoms with Crippen molar-refractivity contribution in [3.8, 4) is 5.75 Å². The Kier molecular flexibility index (Phi) is 6.77. The van der Waals surface area contributed by atoms with Crippen molar-refractivity contribution in [2.45, 2.75) is 30.9 Å². The van der Waals surface area contributed by atoms with Crippen molar-refractivity contribution >= 4 is 29.0 Å². The van der Waals surface area contributed by atoms with E-state index in [0.717, 1.165) is 22.7 Å². The number of aromatic nitrogens is 2. The molecule has 1 amide bonds. The SMILES string of the molecule is Cc1cccc(OCc2nnc(SC(C)C(=O)Nc3ccc(N(C)C)cc3)o2)c1. The molecule has 0 saturated carbocycles. The summed E-state index contributed by atoms with van der Waals surface area (Å²) in [4.78, 5) is 14.4. The molecule has 1 N–H and O–H groups in total. The van der Waals surface area contributed by atoms with Crippen LogP contribution < -0.4 is 15.0 Å². The van der Waals surface area contributed by atoms with Crippen LogP contribution in [0.25, 0.3) is 0 Å². The highest BCUT2D eigenvalue weighted by atomic mass is 32.2. The molecule has 7 nitrogen and oxygen atoms in total. The fourth-order valence-corrected chi connectivity index (χ4v) is 3.19. The first kappa shape index (κ1) is 20.7. The zero-order chi connectivity index (χ0) is 20.8. The van der Waals surface area contributed by atoms with Gasteiger partial charge in [0, 0.05) is 25.5 Å². The molecule has 2 aromatic carbocycles. The van der Waals surface area contributed by atoms with E-state index >= 15 is 0 Å². The molecule has 0 aliphatic rings. The van der Waals surface area contributed by atoms with Crippen LogP contribution in [0.1, 0.15) is 18.4 Å². The summed E-state index contributed by atoms with van der Waals surface area (Å²) in [6, 6.07) is 15.4. The van der Waals surface area contributed by atoms with Gasteiger partial charge in [-0.05, 0) is 55.8 Å². The van der Waals surface area contributed by atoms with Crippen LogP contribution in [0.2, 0.25) is 0 Å². The molecule has 1 atom stereocenters. The van der Waals surface area contributed by atoms with E-state index in [1.165, 1.54) is 11.8 Å². The highest BCUT2D eigenvalue weighted by molar-refractivity contribution is 8.00. The molecule has 0 saturated heterocycles. The fourth-order valence-electron chi connectivity index (χ4n) is 2.49. The number of rotatable bonds is 8. The molecule has 1 unspecified atom stereocenters. The largest absolute Gasteiger partial charge is 0.484 e. The molecule has 1 aromatic heterocycles. The second-order valence-corrected chi connectivity index (χ2v) is 8.05. The smallest absolute Gasteiger partial charge is 0.277 e. The summed E-state index contributed by atoms with van der Waals surface area (Å²) >= 11 is 1.21. The number of ether oxygens (including phenoxy) is 1. The van der Waals surface area contributed by atoms with Gasteiger partial charge in [0.15, 0.2) is 6.61 Å². The molecule has 8 heteroatoms. The molecule has 0 bridgehead atoms. The second kappa shape index (κ2) is 9.47. The Balaban J connectivity index is 1.51. The third kappa shape index (κ3) is 5.99. The molecule has 0 spiro atoms. The average Bonchev–Trinajstić information content (AvgIpc) is 3.14. The third-order valence-electron chi connectivity index (χ3n) is 4.10. The van der Waals surface area contributed by atoms with Crippen LogP contribution in [0.5, 0.6) is 5.75 Å². The van der Waals surface area contributed by atoms with E-state index in [9.17, 15) is 4.79 Å². The van der Waals surface area contributed by atoms with Gasteiger partial charge < -0.3 is 19.4 Å². The van der Waals surface area contributed by atoms with Gasteiger partial charge in [0.05, 0.1) is 5.25 Å². The lowest BCUT2D eigenvalue weighted by molar-refractivity contribution is -0.115. The number of thioether (sulfide) groups is 1. The van der Waals surface area contributed by atoms with Gasteiger partial charge in [-0.1, -0.05) is 23.9 Å². The lowest BCUT2D eigenvalue weighted by Gasteiger charge is -2.14. The van der Waals surface area contributed by atoms with Gasteiger partial charge in [0.25, 0.3) is 11.1 Å². The van der Waals surface area contributed by atoms with E-state index < -0.39 is 5.25 Å². The maximum atomic E-state index is 12.4. The average molecular weight is 413 g/mol. The lowest BCUT2D eigenvalue weighted by atomic mass is 10.2. The van der Waals surface area contributed by atoms with Crippen molar-refractivity contribution in [2.75, 3.05) is 24.3 Å². The second-order valence-electron chi connectivity index (χ2n) is 6.76. The topological polar surface area (TPSA) is 80.5 Å². The number of hydrogen-bond donors (Lipinski definition) is 1. The third-order valence-corrected chi connectivity index (χ3v) is 5.03. The highest BCUT2D eigenvalue weighted by Crippen LogP contribution is 2.24. The molecule has 3 rings (SSSR count). The van der Waals surface area contributed by atoms with Crippen molar-refractivity contribution in [3.05, 3.63) is 60.0 Å². The first-order valence-corrected chi connectivity index (χ1v) is 10.1. The van der Waals surface area contributed by atoms with Gasteiger partial charge in [-0.25, -0.2) is 0 Å². The van der Waals surface area contributed by atoms with E-state index in [1.54, 1.807) is 6.92 Å². The Bertz CT molecular complexity index is 957. The number of nitrogens with zero attached hydrogens (tertiary/aromatic N) is 3. The van der Waals surface area contributed by atoms with Crippen molar-refractivity contribution in [2.24, 2.45) is 0 Å². The summed E-state index contributed by atoms with van der Waals surface area (Å²) in [6.07, 6.45) is 0. The Morgan fingerprint density at radius 3 is 2.66 bits per heavy atom. The fraction of sp³-hybridized carbons (Fsp3) is 0.286. The first-order valence-electron chi connectivity index (χ1n) is 9.17. The molecule has 1 heterocycles. The Morgan fingerprint density at radius 2 is 1.97 bits per heavy atom. The van der Waals surface area contributed by atoms with Crippen molar-refractivity contribution in [1.82, 2.24) is 10.2 Å². The summed E-state index contributed by atoms with van der Waals surface area (Å²) in [7, 11) is 3.94. The minimum absolute atomic E-state index is 0.136. The monoisotopic (exact) mass is 412 g/mol. The van der Waals surface area contributed by atoms with Crippen molar-refractivity contribution < 1.29 is 13.9 Å². The van der Waals surface area contributed by atoms with E-state index in [0.29, 0.717) is 11.1 Å². The molecule has 0 fully saturated rings. The zero-order valence-corrected chi connectivity index (χ0v) is 17.7. The molecule has 152 valence electrons. The van der Waals surface area contributed by atoms with Crippen LogP contribution in [-0.4, -0.2) is 35.4 Å². The summed E-state index contributed by atoms with van der Waals surface area (Å²) in [5.41, 5.74) is 2.92.